The number of benzene rings is 2. The van der Waals surface area contributed by atoms with Gasteiger partial charge in [0.25, 0.3) is 0 Å². The predicted molar refractivity (Wildman–Crippen MR) is 148 cm³/mol. The number of ether oxygens (including phenoxy) is 2. The molecule has 9 nitrogen and oxygen atoms in total. The fourth-order valence-electron chi connectivity index (χ4n) is 5.62. The molecular formula is C31H29F2N5O4. The molecule has 2 aliphatic heterocycles. The number of carbonyl (C=O) groups is 1. The highest BCUT2D eigenvalue weighted by Crippen LogP contribution is 2.35. The molecule has 1 unspecified atom stereocenters. The molecule has 1 N–H and O–H groups in total. The molecular weight excluding hydrogens is 544 g/mol. The fourth-order valence-corrected chi connectivity index (χ4v) is 5.62. The third kappa shape index (κ3) is 5.43. The molecule has 0 amide bonds. The van der Waals surface area contributed by atoms with Crippen molar-refractivity contribution in [2.45, 2.75) is 51.0 Å². The van der Waals surface area contributed by atoms with E-state index in [-0.39, 0.29) is 40.7 Å². The quantitative estimate of drug-likeness (QED) is 0.304. The maximum atomic E-state index is 14.7. The molecule has 0 aliphatic carbocycles. The van der Waals surface area contributed by atoms with E-state index in [4.69, 9.17) is 19.7 Å². The lowest BCUT2D eigenvalue weighted by molar-refractivity contribution is -0.0591. The van der Waals surface area contributed by atoms with Gasteiger partial charge >= 0.3 is 5.97 Å². The Hall–Kier alpha value is -4.40. The molecule has 0 spiro atoms. The van der Waals surface area contributed by atoms with E-state index in [9.17, 15) is 18.7 Å². The lowest BCUT2D eigenvalue weighted by atomic mass is 9.85. The summed E-state index contributed by atoms with van der Waals surface area (Å²) in [7, 11) is 0. The number of aromatic nitrogens is 3. The molecule has 42 heavy (non-hydrogen) atoms. The third-order valence-corrected chi connectivity index (χ3v) is 8.13. The van der Waals surface area contributed by atoms with Gasteiger partial charge in [0.05, 0.1) is 47.4 Å². The number of pyridine rings is 1. The van der Waals surface area contributed by atoms with Crippen LogP contribution in [-0.4, -0.2) is 56.3 Å². The Bertz CT molecular complexity index is 1710. The van der Waals surface area contributed by atoms with Gasteiger partial charge in [-0.1, -0.05) is 6.92 Å². The zero-order chi connectivity index (χ0) is 29.4. The molecule has 0 saturated carbocycles. The van der Waals surface area contributed by atoms with Gasteiger partial charge in [-0.25, -0.2) is 18.6 Å². The average molecular weight is 574 g/mol. The van der Waals surface area contributed by atoms with Crippen molar-refractivity contribution in [3.8, 4) is 11.8 Å². The first-order valence-corrected chi connectivity index (χ1v) is 13.8. The van der Waals surface area contributed by atoms with Crippen molar-refractivity contribution < 1.29 is 28.2 Å². The number of carboxylic acids is 1. The van der Waals surface area contributed by atoms with Gasteiger partial charge in [0, 0.05) is 24.3 Å². The summed E-state index contributed by atoms with van der Waals surface area (Å²) in [6.07, 6.45) is 1.80. The molecule has 4 aromatic rings. The van der Waals surface area contributed by atoms with Crippen LogP contribution in [0.4, 0.5) is 8.78 Å². The van der Waals surface area contributed by atoms with Crippen LogP contribution in [0, 0.1) is 23.0 Å². The Morgan fingerprint density at radius 1 is 1.19 bits per heavy atom. The Kier molecular flexibility index (Phi) is 7.35. The molecule has 0 bridgehead atoms. The van der Waals surface area contributed by atoms with Crippen LogP contribution in [0.1, 0.15) is 52.9 Å². The molecule has 2 aliphatic rings. The number of hydrogen-bond donors (Lipinski definition) is 1. The van der Waals surface area contributed by atoms with E-state index in [1.165, 1.54) is 18.2 Å². The minimum absolute atomic E-state index is 0.0697. The molecule has 2 fully saturated rings. The summed E-state index contributed by atoms with van der Waals surface area (Å²) in [5.41, 5.74) is 2.31. The van der Waals surface area contributed by atoms with Gasteiger partial charge in [0.15, 0.2) is 11.6 Å². The van der Waals surface area contributed by atoms with Crippen molar-refractivity contribution in [1.29, 1.82) is 5.26 Å². The molecule has 2 aromatic heterocycles. The topological polar surface area (TPSA) is 114 Å². The van der Waals surface area contributed by atoms with Crippen LogP contribution in [0.15, 0.2) is 48.5 Å². The van der Waals surface area contributed by atoms with Crippen LogP contribution in [0.25, 0.3) is 11.0 Å². The zero-order valence-electron chi connectivity index (χ0n) is 23.0. The van der Waals surface area contributed by atoms with Crippen LogP contribution in [-0.2, 0) is 29.8 Å². The molecule has 216 valence electrons. The van der Waals surface area contributed by atoms with Crippen molar-refractivity contribution >= 4 is 17.0 Å². The molecule has 11 heteroatoms. The van der Waals surface area contributed by atoms with Crippen molar-refractivity contribution in [3.63, 3.8) is 0 Å². The highest BCUT2D eigenvalue weighted by atomic mass is 19.1. The van der Waals surface area contributed by atoms with Crippen molar-refractivity contribution in [1.82, 2.24) is 19.4 Å². The highest BCUT2D eigenvalue weighted by molar-refractivity contribution is 5.92. The van der Waals surface area contributed by atoms with Crippen LogP contribution in [0.2, 0.25) is 0 Å². The molecule has 6 rings (SSSR count). The van der Waals surface area contributed by atoms with Crippen molar-refractivity contribution in [3.05, 3.63) is 88.5 Å². The third-order valence-electron chi connectivity index (χ3n) is 8.13. The average Bonchev–Trinajstić information content (AvgIpc) is 3.50. The predicted octanol–water partition coefficient (Wildman–Crippen LogP) is 4.81. The number of likely N-dealkylation sites (tertiary alicyclic amines) is 1. The summed E-state index contributed by atoms with van der Waals surface area (Å²) in [6.45, 7) is 5.12. The first-order valence-electron chi connectivity index (χ1n) is 13.8. The summed E-state index contributed by atoms with van der Waals surface area (Å²) in [5.74, 6) is -1.47. The lowest BCUT2D eigenvalue weighted by Gasteiger charge is -2.28. The molecule has 4 heterocycles. The van der Waals surface area contributed by atoms with Gasteiger partial charge in [-0.05, 0) is 67.9 Å². The van der Waals surface area contributed by atoms with Crippen LogP contribution < -0.4 is 4.74 Å². The second kappa shape index (κ2) is 11.1. The summed E-state index contributed by atoms with van der Waals surface area (Å²) in [5, 5.41) is 18.4. The number of nitrogens with zero attached hydrogens (tertiary/aromatic N) is 5. The zero-order valence-corrected chi connectivity index (χ0v) is 23.0. The van der Waals surface area contributed by atoms with Crippen LogP contribution in [0.5, 0.6) is 5.75 Å². The van der Waals surface area contributed by atoms with E-state index in [2.05, 4.69) is 21.4 Å². The van der Waals surface area contributed by atoms with Gasteiger partial charge in [0.2, 0.25) is 0 Å². The van der Waals surface area contributed by atoms with E-state index < -0.39 is 17.6 Å². The number of imidazole rings is 1. The number of aromatic carboxylic acids is 1. The lowest BCUT2D eigenvalue weighted by Crippen LogP contribution is -2.33. The first kappa shape index (κ1) is 27.8. The number of halogens is 2. The molecule has 2 aromatic carbocycles. The largest absolute Gasteiger partial charge is 0.484 e. The van der Waals surface area contributed by atoms with Crippen LogP contribution >= 0.6 is 0 Å². The number of rotatable bonds is 9. The normalized spacial score (nSPS) is 20.4. The van der Waals surface area contributed by atoms with Gasteiger partial charge in [-0.3, -0.25) is 9.88 Å². The smallest absolute Gasteiger partial charge is 0.335 e. The van der Waals surface area contributed by atoms with Crippen molar-refractivity contribution in [2.24, 2.45) is 0 Å². The SMILES string of the molecule is CC1(c2ccc(F)c(COc3ccc(C#N)cc3F)n2)CCN(Cc2nc3ccc(C(=O)O)cc3n2C[C@@H]2CCO2)C1. The summed E-state index contributed by atoms with van der Waals surface area (Å²) in [6, 6.07) is 13.7. The van der Waals surface area contributed by atoms with E-state index >= 15 is 0 Å². The van der Waals surface area contributed by atoms with E-state index in [1.807, 2.05) is 6.07 Å². The maximum Gasteiger partial charge on any atom is 0.335 e. The van der Waals surface area contributed by atoms with E-state index in [1.54, 1.807) is 24.3 Å². The standard InChI is InChI=1S/C31H29F2N5O4/c1-31(28-7-4-22(32)25(35-28)17-42-27-6-2-19(14-34)12-23(27)33)9-10-37(18-31)16-29-36-24-5-3-20(30(39)40)13-26(24)38(29)15-21-8-11-41-21/h2-7,12-13,21H,8-11,15-18H2,1H3,(H,39,40)/t21-,31?/m0/s1. The minimum atomic E-state index is -0.986. The monoisotopic (exact) mass is 573 g/mol. The Morgan fingerprint density at radius 2 is 2.02 bits per heavy atom. The number of hydrogen-bond acceptors (Lipinski definition) is 7. The Labute approximate surface area is 240 Å². The minimum Gasteiger partial charge on any atom is -0.484 e. The maximum absolute atomic E-state index is 14.7. The summed E-state index contributed by atoms with van der Waals surface area (Å²) < 4.78 is 42.2. The van der Waals surface area contributed by atoms with E-state index in [0.29, 0.717) is 25.3 Å². The second-order valence-electron chi connectivity index (χ2n) is 11.1. The van der Waals surface area contributed by atoms with Gasteiger partial charge < -0.3 is 19.1 Å². The summed E-state index contributed by atoms with van der Waals surface area (Å²) >= 11 is 0. The van der Waals surface area contributed by atoms with Crippen LogP contribution in [0.3, 0.4) is 0 Å². The van der Waals surface area contributed by atoms with Gasteiger partial charge in [-0.15, -0.1) is 0 Å². The number of nitriles is 1. The Balaban J connectivity index is 1.20. The highest BCUT2D eigenvalue weighted by Gasteiger charge is 2.37. The fraction of sp³-hybridized carbons (Fsp3) is 0.355. The van der Waals surface area contributed by atoms with Gasteiger partial charge in [0.1, 0.15) is 23.9 Å². The second-order valence-corrected chi connectivity index (χ2v) is 11.1. The van der Waals surface area contributed by atoms with Gasteiger partial charge in [-0.2, -0.15) is 5.26 Å². The van der Waals surface area contributed by atoms with E-state index in [0.717, 1.165) is 48.9 Å². The number of fused-ring (bicyclic) bond motifs is 1. The first-order chi connectivity index (χ1) is 20.2. The molecule has 2 saturated heterocycles. The number of carboxylic acid groups (broad SMARTS) is 1. The molecule has 0 radical (unpaired) electrons. The molecule has 2 atom stereocenters. The van der Waals surface area contributed by atoms with Crippen molar-refractivity contribution in [2.75, 3.05) is 19.7 Å². The Morgan fingerprint density at radius 3 is 2.74 bits per heavy atom. The summed E-state index contributed by atoms with van der Waals surface area (Å²) in [4.78, 5) is 23.3.